The van der Waals surface area contributed by atoms with Gasteiger partial charge in [-0.2, -0.15) is 0 Å². The maximum absolute atomic E-state index is 13.6. The Morgan fingerprint density at radius 1 is 0.949 bits per heavy atom. The molecule has 0 aliphatic carbocycles. The number of hydrogen-bond donors (Lipinski definition) is 1. The second kappa shape index (κ2) is 9.70. The van der Waals surface area contributed by atoms with E-state index < -0.39 is 18.3 Å². The maximum atomic E-state index is 13.6. The summed E-state index contributed by atoms with van der Waals surface area (Å²) in [5.41, 5.74) is 4.73. The Morgan fingerprint density at radius 3 is 2.21 bits per heavy atom. The summed E-state index contributed by atoms with van der Waals surface area (Å²) in [4.78, 5) is 15.9. The molecule has 3 aromatic rings. The Balaban J connectivity index is 1.52. The summed E-state index contributed by atoms with van der Waals surface area (Å²) >= 11 is 0. The van der Waals surface area contributed by atoms with Crippen LogP contribution >= 0.6 is 0 Å². The first-order valence-electron chi connectivity index (χ1n) is 14.2. The first-order valence-corrected chi connectivity index (χ1v) is 14.2. The molecule has 1 N–H and O–H groups in total. The Bertz CT molecular complexity index is 1430. The van der Waals surface area contributed by atoms with Crippen molar-refractivity contribution in [2.24, 2.45) is 5.41 Å². The number of benzene rings is 2. The number of anilines is 2. The molecule has 7 heteroatoms. The van der Waals surface area contributed by atoms with Crippen LogP contribution in [0.15, 0.2) is 45.6 Å². The lowest BCUT2D eigenvalue weighted by atomic mass is 9.77. The van der Waals surface area contributed by atoms with Gasteiger partial charge in [-0.05, 0) is 84.4 Å². The van der Waals surface area contributed by atoms with Crippen molar-refractivity contribution in [3.63, 3.8) is 0 Å². The van der Waals surface area contributed by atoms with Crippen molar-refractivity contribution in [2.75, 3.05) is 23.3 Å². The fourth-order valence-corrected chi connectivity index (χ4v) is 5.61. The molecule has 0 unspecified atom stereocenters. The molecule has 39 heavy (non-hydrogen) atoms. The minimum Gasteiger partial charge on any atom is -0.440 e. The largest absolute Gasteiger partial charge is 0.496 e. The van der Waals surface area contributed by atoms with Crippen LogP contribution in [0.2, 0.25) is 0 Å². The Morgan fingerprint density at radius 2 is 1.56 bits per heavy atom. The summed E-state index contributed by atoms with van der Waals surface area (Å²) in [6, 6.07) is 12.1. The maximum Gasteiger partial charge on any atom is 0.496 e. The molecule has 0 radical (unpaired) electrons. The molecule has 1 atom stereocenters. The average molecular weight is 531 g/mol. The highest BCUT2D eigenvalue weighted by Crippen LogP contribution is 2.38. The summed E-state index contributed by atoms with van der Waals surface area (Å²) in [6.45, 7) is 20.7. The Kier molecular flexibility index (Phi) is 6.91. The van der Waals surface area contributed by atoms with Gasteiger partial charge in [-0.3, -0.25) is 4.79 Å². The zero-order chi connectivity index (χ0) is 28.3. The zero-order valence-electron chi connectivity index (χ0n) is 25.0. The first-order chi connectivity index (χ1) is 18.2. The molecule has 2 aliphatic heterocycles. The molecular formula is C32H43BN2O4. The van der Waals surface area contributed by atoms with Gasteiger partial charge >= 0.3 is 7.12 Å². The number of nitrogens with zero attached hydrogens (tertiary/aromatic N) is 1. The van der Waals surface area contributed by atoms with Crippen LogP contribution in [-0.2, 0) is 9.31 Å². The van der Waals surface area contributed by atoms with Gasteiger partial charge in [0.2, 0.25) is 5.88 Å². The third kappa shape index (κ3) is 5.11. The van der Waals surface area contributed by atoms with E-state index in [1.54, 1.807) is 0 Å². The van der Waals surface area contributed by atoms with Crippen LogP contribution in [0.5, 0.6) is 0 Å². The van der Waals surface area contributed by atoms with Crippen LogP contribution in [0, 0.1) is 19.3 Å². The fourth-order valence-electron chi connectivity index (χ4n) is 5.61. The quantitative estimate of drug-likeness (QED) is 0.380. The van der Waals surface area contributed by atoms with E-state index in [0.717, 1.165) is 48.2 Å². The van der Waals surface area contributed by atoms with E-state index in [-0.39, 0.29) is 11.5 Å². The van der Waals surface area contributed by atoms with Gasteiger partial charge in [0, 0.05) is 29.8 Å². The van der Waals surface area contributed by atoms with Crippen molar-refractivity contribution < 1.29 is 13.7 Å². The molecule has 0 saturated carbocycles. The lowest BCUT2D eigenvalue weighted by molar-refractivity contribution is 0.00578. The molecule has 208 valence electrons. The molecule has 0 amide bonds. The van der Waals surface area contributed by atoms with Gasteiger partial charge < -0.3 is 23.9 Å². The monoisotopic (exact) mass is 530 g/mol. The van der Waals surface area contributed by atoms with E-state index in [4.69, 9.17) is 13.7 Å². The van der Waals surface area contributed by atoms with Crippen molar-refractivity contribution in [1.29, 1.82) is 0 Å². The predicted octanol–water partition coefficient (Wildman–Crippen LogP) is 6.51. The molecule has 2 fully saturated rings. The van der Waals surface area contributed by atoms with E-state index in [1.165, 1.54) is 0 Å². The second-order valence-electron chi connectivity index (χ2n) is 13.3. The third-order valence-corrected chi connectivity index (χ3v) is 9.08. The molecule has 5 rings (SSSR count). The summed E-state index contributed by atoms with van der Waals surface area (Å²) in [6.07, 6.45) is 2.14. The molecule has 0 bridgehead atoms. The minimum atomic E-state index is -0.476. The van der Waals surface area contributed by atoms with Crippen molar-refractivity contribution in [3.05, 3.63) is 63.3 Å². The van der Waals surface area contributed by atoms with Gasteiger partial charge in [0.15, 0.2) is 5.43 Å². The number of aryl methyl sites for hydroxylation is 1. The summed E-state index contributed by atoms with van der Waals surface area (Å²) in [5, 5.41) is 4.32. The Hall–Kier alpha value is -2.77. The third-order valence-electron chi connectivity index (χ3n) is 9.08. The standard InChI is InChI=1S/C32H43BN2O4/c1-20-18-23(22(3)34-26-13-11-10-12-25(26)33-38-31(6,7)32(8,9)39-33)28-24(19-20)27(36)21(2)29(37-28)35-16-14-30(4,5)15-17-35/h10-13,18-19,22,34H,14-17H2,1-9H3/t22-/m1/s1. The SMILES string of the molecule is Cc1cc([C@@H](C)Nc2ccccc2B2OC(C)(C)C(C)(C)O2)c2oc(N3CCC(C)(C)CC3)c(C)c(=O)c2c1. The van der Waals surface area contributed by atoms with Gasteiger partial charge in [0.25, 0.3) is 0 Å². The minimum absolute atomic E-state index is 0.0471. The molecule has 3 heterocycles. The van der Waals surface area contributed by atoms with E-state index in [1.807, 2.05) is 38.1 Å². The number of rotatable bonds is 5. The van der Waals surface area contributed by atoms with Crippen LogP contribution in [0.1, 0.15) is 84.0 Å². The molecule has 6 nitrogen and oxygen atoms in total. The lowest BCUT2D eigenvalue weighted by Gasteiger charge is -2.37. The van der Waals surface area contributed by atoms with E-state index in [9.17, 15) is 4.79 Å². The number of piperidine rings is 1. The summed E-state index contributed by atoms with van der Waals surface area (Å²) < 4.78 is 19.4. The van der Waals surface area contributed by atoms with E-state index in [2.05, 4.69) is 70.8 Å². The van der Waals surface area contributed by atoms with Crippen LogP contribution in [0.3, 0.4) is 0 Å². The molecule has 2 aliphatic rings. The normalized spacial score (nSPS) is 20.8. The highest BCUT2D eigenvalue weighted by molar-refractivity contribution is 6.64. The molecule has 2 saturated heterocycles. The number of para-hydroxylation sites is 1. The Labute approximate surface area is 233 Å². The van der Waals surface area contributed by atoms with Crippen LogP contribution in [0.25, 0.3) is 11.0 Å². The topological polar surface area (TPSA) is 63.9 Å². The zero-order valence-corrected chi connectivity index (χ0v) is 25.0. The van der Waals surface area contributed by atoms with Crippen molar-refractivity contribution in [3.8, 4) is 0 Å². The second-order valence-corrected chi connectivity index (χ2v) is 13.3. The summed E-state index contributed by atoms with van der Waals surface area (Å²) in [5.74, 6) is 0.706. The van der Waals surface area contributed by atoms with Gasteiger partial charge in [-0.25, -0.2) is 0 Å². The fraction of sp³-hybridized carbons (Fsp3) is 0.531. The van der Waals surface area contributed by atoms with Gasteiger partial charge in [-0.15, -0.1) is 0 Å². The van der Waals surface area contributed by atoms with Gasteiger partial charge in [-0.1, -0.05) is 38.1 Å². The number of nitrogens with one attached hydrogen (secondary N) is 1. The van der Waals surface area contributed by atoms with Crippen LogP contribution < -0.4 is 21.1 Å². The van der Waals surface area contributed by atoms with Crippen molar-refractivity contribution in [1.82, 2.24) is 0 Å². The molecular weight excluding hydrogens is 487 g/mol. The smallest absolute Gasteiger partial charge is 0.440 e. The highest BCUT2D eigenvalue weighted by Gasteiger charge is 2.52. The molecule has 0 spiro atoms. The highest BCUT2D eigenvalue weighted by atomic mass is 16.7. The number of hydrogen-bond acceptors (Lipinski definition) is 6. The molecule has 1 aromatic heterocycles. The lowest BCUT2D eigenvalue weighted by Crippen LogP contribution is -2.41. The predicted molar refractivity (Wildman–Crippen MR) is 161 cm³/mol. The first kappa shape index (κ1) is 27.8. The molecule has 2 aromatic carbocycles. The van der Waals surface area contributed by atoms with Crippen LogP contribution in [0.4, 0.5) is 11.6 Å². The average Bonchev–Trinajstić information content (AvgIpc) is 3.08. The van der Waals surface area contributed by atoms with Crippen molar-refractivity contribution >= 4 is 35.1 Å². The van der Waals surface area contributed by atoms with Crippen LogP contribution in [-0.4, -0.2) is 31.4 Å². The van der Waals surface area contributed by atoms with Gasteiger partial charge in [0.1, 0.15) is 5.58 Å². The van der Waals surface area contributed by atoms with Crippen molar-refractivity contribution in [2.45, 2.75) is 92.4 Å². The summed E-state index contributed by atoms with van der Waals surface area (Å²) in [7, 11) is -0.476. The number of fused-ring (bicyclic) bond motifs is 1. The van der Waals surface area contributed by atoms with E-state index in [0.29, 0.717) is 27.8 Å². The van der Waals surface area contributed by atoms with E-state index >= 15 is 0 Å². The van der Waals surface area contributed by atoms with Gasteiger partial charge in [0.05, 0.1) is 28.2 Å².